The summed E-state index contributed by atoms with van der Waals surface area (Å²) in [4.78, 5) is 16.1. The van der Waals surface area contributed by atoms with Crippen molar-refractivity contribution in [1.29, 1.82) is 0 Å². The van der Waals surface area contributed by atoms with Crippen LogP contribution in [0, 0.1) is 0 Å². The zero-order chi connectivity index (χ0) is 14.5. The lowest BCUT2D eigenvalue weighted by atomic mass is 10.1. The van der Waals surface area contributed by atoms with Gasteiger partial charge in [-0.1, -0.05) is 12.1 Å². The highest BCUT2D eigenvalue weighted by molar-refractivity contribution is 5.30. The van der Waals surface area contributed by atoms with Gasteiger partial charge in [0, 0.05) is 25.0 Å². The van der Waals surface area contributed by atoms with Gasteiger partial charge in [-0.3, -0.25) is 4.79 Å². The predicted octanol–water partition coefficient (Wildman–Crippen LogP) is 2.15. The van der Waals surface area contributed by atoms with Crippen molar-refractivity contribution in [2.45, 2.75) is 26.3 Å². The molecule has 2 aromatic rings. The van der Waals surface area contributed by atoms with Gasteiger partial charge in [-0.25, -0.2) is 4.98 Å². The van der Waals surface area contributed by atoms with Crippen molar-refractivity contribution >= 4 is 0 Å². The van der Waals surface area contributed by atoms with E-state index in [9.17, 15) is 4.79 Å². The van der Waals surface area contributed by atoms with Crippen LogP contribution >= 0.6 is 0 Å². The number of aliphatic hydroxyl groups is 1. The summed E-state index contributed by atoms with van der Waals surface area (Å²) in [6.07, 6.45) is 3.80. The number of rotatable bonds is 5. The number of benzene rings is 1. The topological polar surface area (TPSA) is 64.3 Å². The minimum atomic E-state index is -0.248. The third kappa shape index (κ3) is 3.24. The van der Waals surface area contributed by atoms with Gasteiger partial charge in [0.25, 0.3) is 5.88 Å². The lowest BCUT2D eigenvalue weighted by Gasteiger charge is -2.11. The molecular formula is C15H18N2O3. The van der Waals surface area contributed by atoms with E-state index in [2.05, 4.69) is 4.98 Å². The summed E-state index contributed by atoms with van der Waals surface area (Å²) < 4.78 is 7.10. The monoisotopic (exact) mass is 274 g/mol. The van der Waals surface area contributed by atoms with Gasteiger partial charge in [-0.15, -0.1) is 0 Å². The second-order valence-electron chi connectivity index (χ2n) is 4.76. The molecule has 2 rings (SSSR count). The average Bonchev–Trinajstić information content (AvgIpc) is 2.43. The zero-order valence-corrected chi connectivity index (χ0v) is 11.6. The van der Waals surface area contributed by atoms with Crippen LogP contribution in [0.5, 0.6) is 11.6 Å². The molecule has 20 heavy (non-hydrogen) atoms. The summed E-state index contributed by atoms with van der Waals surface area (Å²) >= 11 is 0. The van der Waals surface area contributed by atoms with Gasteiger partial charge < -0.3 is 14.4 Å². The normalized spacial score (nSPS) is 10.8. The first-order valence-corrected chi connectivity index (χ1v) is 6.56. The van der Waals surface area contributed by atoms with Gasteiger partial charge in [0.15, 0.2) is 0 Å². The molecule has 0 radical (unpaired) electrons. The van der Waals surface area contributed by atoms with Gasteiger partial charge in [0.05, 0.1) is 0 Å². The van der Waals surface area contributed by atoms with E-state index >= 15 is 0 Å². The fourth-order valence-electron chi connectivity index (χ4n) is 1.85. The smallest absolute Gasteiger partial charge is 0.313 e. The van der Waals surface area contributed by atoms with Gasteiger partial charge in [0.2, 0.25) is 0 Å². The molecule has 0 unspecified atom stereocenters. The van der Waals surface area contributed by atoms with E-state index < -0.39 is 0 Å². The van der Waals surface area contributed by atoms with Crippen LogP contribution < -0.4 is 10.3 Å². The number of aromatic nitrogens is 2. The Morgan fingerprint density at radius 1 is 1.30 bits per heavy atom. The fraction of sp³-hybridized carbons (Fsp3) is 0.333. The van der Waals surface area contributed by atoms with Crippen LogP contribution in [0.2, 0.25) is 0 Å². The summed E-state index contributed by atoms with van der Waals surface area (Å²) in [5.74, 6) is 0.619. The maximum atomic E-state index is 12.1. The number of aliphatic hydroxyl groups excluding tert-OH is 1. The summed E-state index contributed by atoms with van der Waals surface area (Å²) in [7, 11) is 0. The summed E-state index contributed by atoms with van der Waals surface area (Å²) in [6, 6.07) is 7.29. The van der Waals surface area contributed by atoms with Crippen LogP contribution in [0.1, 0.15) is 25.5 Å². The molecule has 1 heterocycles. The summed E-state index contributed by atoms with van der Waals surface area (Å²) in [5, 5.41) is 8.86. The molecule has 0 aliphatic rings. The standard InChI is InChI=1S/C15H18N2O3/c1-11(2)17-9-8-16-14(15(17)19)20-13-5-3-12(4-6-13)7-10-18/h3-6,8-9,11,18H,7,10H2,1-2H3. The summed E-state index contributed by atoms with van der Waals surface area (Å²) in [6.45, 7) is 3.96. The number of hydrogen-bond donors (Lipinski definition) is 1. The van der Waals surface area contributed by atoms with Crippen molar-refractivity contribution in [2.24, 2.45) is 0 Å². The van der Waals surface area contributed by atoms with Crippen molar-refractivity contribution in [2.75, 3.05) is 6.61 Å². The van der Waals surface area contributed by atoms with Crippen LogP contribution in [0.3, 0.4) is 0 Å². The molecule has 0 saturated carbocycles. The van der Waals surface area contributed by atoms with Crippen LogP contribution in [-0.4, -0.2) is 21.3 Å². The predicted molar refractivity (Wildman–Crippen MR) is 76.2 cm³/mol. The van der Waals surface area contributed by atoms with Gasteiger partial charge in [0.1, 0.15) is 5.75 Å². The minimum absolute atomic E-state index is 0.0554. The Morgan fingerprint density at radius 3 is 2.60 bits per heavy atom. The Hall–Kier alpha value is -2.14. The number of nitrogens with zero attached hydrogens (tertiary/aromatic N) is 2. The molecule has 0 saturated heterocycles. The molecule has 0 atom stereocenters. The Bertz CT molecular complexity index is 618. The maximum absolute atomic E-state index is 12.1. The molecule has 1 N–H and O–H groups in total. The quantitative estimate of drug-likeness (QED) is 0.907. The van der Waals surface area contributed by atoms with Crippen LogP contribution in [0.25, 0.3) is 0 Å². The van der Waals surface area contributed by atoms with E-state index in [1.165, 1.54) is 0 Å². The Morgan fingerprint density at radius 2 is 2.00 bits per heavy atom. The molecule has 0 spiro atoms. The highest BCUT2D eigenvalue weighted by Crippen LogP contribution is 2.17. The van der Waals surface area contributed by atoms with Crippen molar-refractivity contribution in [3.05, 3.63) is 52.6 Å². The van der Waals surface area contributed by atoms with Crippen LogP contribution in [0.4, 0.5) is 0 Å². The van der Waals surface area contributed by atoms with E-state index in [-0.39, 0.29) is 24.1 Å². The van der Waals surface area contributed by atoms with Crippen molar-refractivity contribution in [1.82, 2.24) is 9.55 Å². The lowest BCUT2D eigenvalue weighted by molar-refractivity contribution is 0.299. The first-order valence-electron chi connectivity index (χ1n) is 6.56. The SMILES string of the molecule is CC(C)n1ccnc(Oc2ccc(CCO)cc2)c1=O. The number of ether oxygens (including phenoxy) is 1. The minimum Gasteiger partial charge on any atom is -0.435 e. The average molecular weight is 274 g/mol. The van der Waals surface area contributed by atoms with Crippen molar-refractivity contribution < 1.29 is 9.84 Å². The second kappa shape index (κ2) is 6.34. The molecule has 106 valence electrons. The Kier molecular flexibility index (Phi) is 4.53. The Labute approximate surface area is 117 Å². The Balaban J connectivity index is 2.22. The molecule has 5 heteroatoms. The number of hydrogen-bond acceptors (Lipinski definition) is 4. The first kappa shape index (κ1) is 14.3. The van der Waals surface area contributed by atoms with Crippen molar-refractivity contribution in [3.8, 4) is 11.6 Å². The molecule has 1 aromatic heterocycles. The summed E-state index contributed by atoms with van der Waals surface area (Å²) in [5.41, 5.74) is 0.766. The molecule has 0 bridgehead atoms. The second-order valence-corrected chi connectivity index (χ2v) is 4.76. The van der Waals surface area contributed by atoms with E-state index in [4.69, 9.17) is 9.84 Å². The third-order valence-corrected chi connectivity index (χ3v) is 2.93. The highest BCUT2D eigenvalue weighted by Gasteiger charge is 2.09. The van der Waals surface area contributed by atoms with Gasteiger partial charge in [-0.2, -0.15) is 0 Å². The highest BCUT2D eigenvalue weighted by atomic mass is 16.5. The molecule has 5 nitrogen and oxygen atoms in total. The lowest BCUT2D eigenvalue weighted by Crippen LogP contribution is -2.23. The molecule has 0 amide bonds. The zero-order valence-electron chi connectivity index (χ0n) is 11.6. The van der Waals surface area contributed by atoms with Gasteiger partial charge >= 0.3 is 5.56 Å². The molecule has 0 aliphatic heterocycles. The van der Waals surface area contributed by atoms with Crippen LogP contribution in [-0.2, 0) is 6.42 Å². The van der Waals surface area contributed by atoms with E-state index in [0.29, 0.717) is 12.2 Å². The van der Waals surface area contributed by atoms with E-state index in [0.717, 1.165) is 5.56 Å². The maximum Gasteiger partial charge on any atom is 0.313 e. The third-order valence-electron chi connectivity index (χ3n) is 2.93. The van der Waals surface area contributed by atoms with Crippen molar-refractivity contribution in [3.63, 3.8) is 0 Å². The van der Waals surface area contributed by atoms with Gasteiger partial charge in [-0.05, 0) is 38.0 Å². The molecule has 0 aliphatic carbocycles. The molecule has 1 aromatic carbocycles. The van der Waals surface area contributed by atoms with E-state index in [1.807, 2.05) is 26.0 Å². The molecule has 0 fully saturated rings. The first-order chi connectivity index (χ1) is 9.61. The molecular weight excluding hydrogens is 256 g/mol. The largest absolute Gasteiger partial charge is 0.435 e. The fourth-order valence-corrected chi connectivity index (χ4v) is 1.85. The van der Waals surface area contributed by atoms with E-state index in [1.54, 1.807) is 29.1 Å². The van der Waals surface area contributed by atoms with Crippen LogP contribution in [0.15, 0.2) is 41.5 Å².